The first-order chi connectivity index (χ1) is 9.51. The summed E-state index contributed by atoms with van der Waals surface area (Å²) in [6, 6.07) is 2.04. The maximum absolute atomic E-state index is 6.51. The van der Waals surface area contributed by atoms with Crippen molar-refractivity contribution in [2.75, 3.05) is 13.1 Å². The monoisotopic (exact) mass is 295 g/mol. The van der Waals surface area contributed by atoms with Gasteiger partial charge in [0.15, 0.2) is 0 Å². The first kappa shape index (κ1) is 15.7. The summed E-state index contributed by atoms with van der Waals surface area (Å²) < 4.78 is 0. The molecule has 0 aliphatic carbocycles. The van der Waals surface area contributed by atoms with Crippen LogP contribution >= 0.6 is 11.6 Å². The number of nitrogens with zero attached hydrogens (tertiary/aromatic N) is 2. The van der Waals surface area contributed by atoms with Gasteiger partial charge in [-0.15, -0.1) is 0 Å². The summed E-state index contributed by atoms with van der Waals surface area (Å²) in [5.41, 5.74) is 7.60. The second-order valence-electron chi connectivity index (χ2n) is 6.33. The zero-order valence-corrected chi connectivity index (χ0v) is 13.4. The van der Waals surface area contributed by atoms with Gasteiger partial charge in [-0.3, -0.25) is 9.88 Å². The maximum Gasteiger partial charge on any atom is 0.0621 e. The van der Waals surface area contributed by atoms with Crippen molar-refractivity contribution in [1.29, 1.82) is 0 Å². The second kappa shape index (κ2) is 6.88. The van der Waals surface area contributed by atoms with E-state index < -0.39 is 0 Å². The summed E-state index contributed by atoms with van der Waals surface area (Å²) in [5.74, 6) is 0. The Morgan fingerprint density at radius 1 is 1.30 bits per heavy atom. The molecule has 4 heteroatoms. The molecule has 2 heterocycles. The summed E-state index contributed by atoms with van der Waals surface area (Å²) in [7, 11) is 0. The Bertz CT molecular complexity index is 425. The lowest BCUT2D eigenvalue weighted by molar-refractivity contribution is 0.0979. The van der Waals surface area contributed by atoms with Gasteiger partial charge in [-0.25, -0.2) is 0 Å². The van der Waals surface area contributed by atoms with Crippen LogP contribution in [0.2, 0.25) is 5.02 Å². The first-order valence-electron chi connectivity index (χ1n) is 7.61. The fourth-order valence-corrected chi connectivity index (χ4v) is 3.13. The fraction of sp³-hybridized carbons (Fsp3) is 0.688. The van der Waals surface area contributed by atoms with Crippen molar-refractivity contribution < 1.29 is 0 Å². The summed E-state index contributed by atoms with van der Waals surface area (Å²) in [4.78, 5) is 6.59. The molecule has 3 nitrogen and oxygen atoms in total. The number of hydrogen-bond acceptors (Lipinski definition) is 3. The van der Waals surface area contributed by atoms with Crippen LogP contribution < -0.4 is 5.73 Å². The molecule has 1 aromatic heterocycles. The molecule has 112 valence electrons. The molecule has 1 aliphatic rings. The topological polar surface area (TPSA) is 42.1 Å². The van der Waals surface area contributed by atoms with E-state index in [4.69, 9.17) is 17.3 Å². The van der Waals surface area contributed by atoms with E-state index in [1.807, 2.05) is 6.07 Å². The van der Waals surface area contributed by atoms with E-state index >= 15 is 0 Å². The lowest BCUT2D eigenvalue weighted by atomic mass is 9.88. The Morgan fingerprint density at radius 2 is 1.95 bits per heavy atom. The highest BCUT2D eigenvalue weighted by molar-refractivity contribution is 6.31. The minimum absolute atomic E-state index is 0.00304. The standard InChI is InChI=1S/C16H26ClN3/c1-16(2,20-9-5-3-4-6-10-20)15(18)11-13-7-8-19-12-14(13)17/h7-8,12,15H,3-6,9-11,18H2,1-2H3. The molecule has 0 saturated carbocycles. The zero-order valence-electron chi connectivity index (χ0n) is 12.6. The average Bonchev–Trinajstić information content (AvgIpc) is 2.70. The first-order valence-corrected chi connectivity index (χ1v) is 7.98. The Balaban J connectivity index is 2.06. The van der Waals surface area contributed by atoms with E-state index in [-0.39, 0.29) is 11.6 Å². The van der Waals surface area contributed by atoms with Gasteiger partial charge in [-0.2, -0.15) is 0 Å². The molecule has 1 unspecified atom stereocenters. The van der Waals surface area contributed by atoms with Crippen LogP contribution in [-0.4, -0.2) is 34.6 Å². The normalized spacial score (nSPS) is 19.6. The zero-order chi connectivity index (χ0) is 14.6. The lowest BCUT2D eigenvalue weighted by Gasteiger charge is -2.42. The van der Waals surface area contributed by atoms with Crippen molar-refractivity contribution in [2.24, 2.45) is 5.73 Å². The Labute approximate surface area is 127 Å². The number of rotatable bonds is 4. The number of halogens is 1. The summed E-state index contributed by atoms with van der Waals surface area (Å²) >= 11 is 6.20. The Morgan fingerprint density at radius 3 is 2.55 bits per heavy atom. The van der Waals surface area contributed by atoms with E-state index in [1.54, 1.807) is 12.4 Å². The van der Waals surface area contributed by atoms with E-state index in [2.05, 4.69) is 23.7 Å². The van der Waals surface area contributed by atoms with E-state index in [0.29, 0.717) is 0 Å². The number of nitrogens with two attached hydrogens (primary N) is 1. The van der Waals surface area contributed by atoms with Gasteiger partial charge < -0.3 is 5.73 Å². The van der Waals surface area contributed by atoms with E-state index in [0.717, 1.165) is 30.1 Å². The molecule has 0 bridgehead atoms. The van der Waals surface area contributed by atoms with Crippen molar-refractivity contribution in [3.63, 3.8) is 0 Å². The van der Waals surface area contributed by atoms with Gasteiger partial charge in [-0.05, 0) is 57.8 Å². The smallest absolute Gasteiger partial charge is 0.0621 e. The molecular formula is C16H26ClN3. The van der Waals surface area contributed by atoms with E-state index in [9.17, 15) is 0 Å². The van der Waals surface area contributed by atoms with Crippen LogP contribution in [0.25, 0.3) is 0 Å². The molecule has 1 saturated heterocycles. The highest BCUT2D eigenvalue weighted by atomic mass is 35.5. The molecule has 1 aromatic rings. The second-order valence-corrected chi connectivity index (χ2v) is 6.74. The van der Waals surface area contributed by atoms with Gasteiger partial charge in [0.2, 0.25) is 0 Å². The minimum Gasteiger partial charge on any atom is -0.326 e. The molecule has 0 aromatic carbocycles. The Hall–Kier alpha value is -0.640. The highest BCUT2D eigenvalue weighted by Crippen LogP contribution is 2.26. The largest absolute Gasteiger partial charge is 0.326 e. The van der Waals surface area contributed by atoms with Gasteiger partial charge >= 0.3 is 0 Å². The summed E-state index contributed by atoms with van der Waals surface area (Å²) in [6.45, 7) is 6.84. The quantitative estimate of drug-likeness (QED) is 0.927. The summed E-state index contributed by atoms with van der Waals surface area (Å²) in [5, 5.41) is 0.717. The van der Waals surface area contributed by atoms with E-state index in [1.165, 1.54) is 25.7 Å². The molecule has 1 atom stereocenters. The van der Waals surface area contributed by atoms with Gasteiger partial charge in [0, 0.05) is 24.0 Å². The molecule has 0 amide bonds. The van der Waals surface area contributed by atoms with Crippen molar-refractivity contribution >= 4 is 11.6 Å². The Kier molecular flexibility index (Phi) is 5.42. The van der Waals surface area contributed by atoms with Crippen LogP contribution in [0.5, 0.6) is 0 Å². The van der Waals surface area contributed by atoms with Gasteiger partial charge in [0.05, 0.1) is 5.02 Å². The van der Waals surface area contributed by atoms with Crippen LogP contribution in [0.4, 0.5) is 0 Å². The van der Waals surface area contributed by atoms with Crippen LogP contribution in [0.1, 0.15) is 45.1 Å². The lowest BCUT2D eigenvalue weighted by Crippen LogP contribution is -2.57. The summed E-state index contributed by atoms with van der Waals surface area (Å²) in [6.07, 6.45) is 9.54. The van der Waals surface area contributed by atoms with Crippen LogP contribution in [0.3, 0.4) is 0 Å². The van der Waals surface area contributed by atoms with Crippen molar-refractivity contribution in [2.45, 2.75) is 57.5 Å². The van der Waals surface area contributed by atoms with Crippen LogP contribution in [0, 0.1) is 0 Å². The molecule has 2 rings (SSSR count). The van der Waals surface area contributed by atoms with Crippen molar-refractivity contribution in [1.82, 2.24) is 9.88 Å². The van der Waals surface area contributed by atoms with Gasteiger partial charge in [0.25, 0.3) is 0 Å². The average molecular weight is 296 g/mol. The van der Waals surface area contributed by atoms with Gasteiger partial charge in [0.1, 0.15) is 0 Å². The molecule has 0 spiro atoms. The molecule has 0 radical (unpaired) electrons. The predicted molar refractivity (Wildman–Crippen MR) is 85.0 cm³/mol. The highest BCUT2D eigenvalue weighted by Gasteiger charge is 2.33. The molecular weight excluding hydrogens is 270 g/mol. The third kappa shape index (κ3) is 3.72. The molecule has 1 fully saturated rings. The number of likely N-dealkylation sites (tertiary alicyclic amines) is 1. The SMILES string of the molecule is CC(C)(C(N)Cc1ccncc1Cl)N1CCCCCC1. The minimum atomic E-state index is -0.00304. The third-order valence-corrected chi connectivity index (χ3v) is 4.97. The van der Waals surface area contributed by atoms with Crippen molar-refractivity contribution in [3.8, 4) is 0 Å². The fourth-order valence-electron chi connectivity index (χ4n) is 2.94. The molecule has 1 aliphatic heterocycles. The van der Waals surface area contributed by atoms with Crippen LogP contribution in [0.15, 0.2) is 18.5 Å². The third-order valence-electron chi connectivity index (χ3n) is 4.62. The molecule has 2 N–H and O–H groups in total. The number of pyridine rings is 1. The molecule has 20 heavy (non-hydrogen) atoms. The van der Waals surface area contributed by atoms with Gasteiger partial charge in [-0.1, -0.05) is 24.4 Å². The predicted octanol–water partition coefficient (Wildman–Crippen LogP) is 3.26. The maximum atomic E-state index is 6.51. The van der Waals surface area contributed by atoms with Crippen LogP contribution in [-0.2, 0) is 6.42 Å². The number of hydrogen-bond donors (Lipinski definition) is 1. The van der Waals surface area contributed by atoms with Crippen molar-refractivity contribution in [3.05, 3.63) is 29.0 Å². The number of aromatic nitrogens is 1.